The lowest BCUT2D eigenvalue weighted by Crippen LogP contribution is -2.35. The third kappa shape index (κ3) is 7.90. The fourth-order valence-corrected chi connectivity index (χ4v) is 4.39. The summed E-state index contributed by atoms with van der Waals surface area (Å²) < 4.78 is 32.4. The molecule has 0 bridgehead atoms. The van der Waals surface area contributed by atoms with E-state index in [0.717, 1.165) is 30.6 Å². The van der Waals surface area contributed by atoms with E-state index in [-0.39, 0.29) is 10.9 Å². The number of sulfonamides is 1. The smallest absolute Gasteiger partial charge is 0.240 e. The molecular formula is C23H34N2O3S. The second kappa shape index (κ2) is 12.1. The number of unbranched alkanes of at least 4 members (excludes halogenated alkanes) is 2. The highest BCUT2D eigenvalue weighted by atomic mass is 32.2. The fraction of sp³-hybridized carbons (Fsp3) is 0.478. The van der Waals surface area contributed by atoms with Gasteiger partial charge in [0, 0.05) is 13.2 Å². The van der Waals surface area contributed by atoms with E-state index in [1.807, 2.05) is 12.1 Å². The highest BCUT2D eigenvalue weighted by molar-refractivity contribution is 7.89. The van der Waals surface area contributed by atoms with E-state index in [1.165, 1.54) is 24.8 Å². The number of nitrogens with one attached hydrogen (secondary N) is 2. The largest absolute Gasteiger partial charge is 0.383 e. The number of hydrogen-bond acceptors (Lipinski definition) is 4. The van der Waals surface area contributed by atoms with E-state index < -0.39 is 10.0 Å². The van der Waals surface area contributed by atoms with Gasteiger partial charge in [-0.3, -0.25) is 0 Å². The summed E-state index contributed by atoms with van der Waals surface area (Å²) in [6.45, 7) is 6.40. The Morgan fingerprint density at radius 2 is 1.55 bits per heavy atom. The second-order valence-corrected chi connectivity index (χ2v) is 9.12. The van der Waals surface area contributed by atoms with Gasteiger partial charge in [-0.25, -0.2) is 13.1 Å². The summed E-state index contributed by atoms with van der Waals surface area (Å²) >= 11 is 0. The molecule has 160 valence electrons. The molecule has 5 nitrogen and oxygen atoms in total. The predicted molar refractivity (Wildman–Crippen MR) is 120 cm³/mol. The molecule has 0 aliphatic rings. The Morgan fingerprint density at radius 3 is 2.14 bits per heavy atom. The van der Waals surface area contributed by atoms with Crippen molar-refractivity contribution in [3.05, 3.63) is 54.1 Å². The summed E-state index contributed by atoms with van der Waals surface area (Å²) in [6.07, 6.45) is 4.78. The minimum Gasteiger partial charge on any atom is -0.383 e. The quantitative estimate of drug-likeness (QED) is 0.483. The topological polar surface area (TPSA) is 67.4 Å². The van der Waals surface area contributed by atoms with Crippen LogP contribution in [0.4, 0.5) is 0 Å². The van der Waals surface area contributed by atoms with Crippen molar-refractivity contribution in [1.82, 2.24) is 10.0 Å². The first-order valence-corrected chi connectivity index (χ1v) is 11.9. The van der Waals surface area contributed by atoms with Gasteiger partial charge >= 0.3 is 0 Å². The molecule has 0 amide bonds. The first-order valence-electron chi connectivity index (χ1n) is 10.4. The van der Waals surface area contributed by atoms with Gasteiger partial charge in [-0.05, 0) is 61.7 Å². The summed E-state index contributed by atoms with van der Waals surface area (Å²) in [6, 6.07) is 15.2. The number of ether oxygens (including phenoxy) is 1. The summed E-state index contributed by atoms with van der Waals surface area (Å²) in [5.74, 6) is 0. The van der Waals surface area contributed by atoms with E-state index in [1.54, 1.807) is 26.2 Å². The highest BCUT2D eigenvalue weighted by Gasteiger charge is 2.17. The summed E-state index contributed by atoms with van der Waals surface area (Å²) in [5.41, 5.74) is 3.37. The molecule has 0 aliphatic carbocycles. The molecule has 0 fully saturated rings. The maximum atomic E-state index is 12.4. The standard InChI is InChI=1S/C23H34N2O3S/c1-4-5-6-16-24-17-15-20-7-9-21(10-8-20)22-11-13-23(14-12-22)29(26,27)25-19(2)18-28-3/h7-14,19,24-25H,4-6,15-18H2,1-3H3. The van der Waals surface area contributed by atoms with Crippen LogP contribution in [0.2, 0.25) is 0 Å². The Morgan fingerprint density at radius 1 is 0.931 bits per heavy atom. The van der Waals surface area contributed by atoms with Crippen LogP contribution in [-0.4, -0.2) is 41.3 Å². The molecule has 2 rings (SSSR count). The van der Waals surface area contributed by atoms with Crippen molar-refractivity contribution in [2.45, 2.75) is 50.5 Å². The Balaban J connectivity index is 1.92. The Bertz CT molecular complexity index is 818. The molecule has 2 N–H and O–H groups in total. The number of hydrogen-bond donors (Lipinski definition) is 2. The fourth-order valence-electron chi connectivity index (χ4n) is 3.17. The average molecular weight is 419 g/mol. The van der Waals surface area contributed by atoms with Crippen LogP contribution in [0.15, 0.2) is 53.4 Å². The van der Waals surface area contributed by atoms with Crippen LogP contribution in [0.3, 0.4) is 0 Å². The van der Waals surface area contributed by atoms with Crippen molar-refractivity contribution >= 4 is 10.0 Å². The Labute approximate surface area is 175 Å². The van der Waals surface area contributed by atoms with Gasteiger partial charge in [0.25, 0.3) is 0 Å². The third-order valence-electron chi connectivity index (χ3n) is 4.77. The van der Waals surface area contributed by atoms with Crippen molar-refractivity contribution in [3.63, 3.8) is 0 Å². The van der Waals surface area contributed by atoms with Gasteiger partial charge in [0.15, 0.2) is 0 Å². The van der Waals surface area contributed by atoms with Crippen LogP contribution < -0.4 is 10.0 Å². The van der Waals surface area contributed by atoms with Crippen molar-refractivity contribution in [2.75, 3.05) is 26.8 Å². The van der Waals surface area contributed by atoms with Crippen molar-refractivity contribution in [2.24, 2.45) is 0 Å². The van der Waals surface area contributed by atoms with Gasteiger partial charge in [-0.15, -0.1) is 0 Å². The molecule has 0 radical (unpaired) electrons. The Hall–Kier alpha value is -1.73. The van der Waals surface area contributed by atoms with Gasteiger partial charge in [-0.2, -0.15) is 0 Å². The predicted octanol–water partition coefficient (Wildman–Crippen LogP) is 3.99. The molecule has 0 aromatic heterocycles. The monoisotopic (exact) mass is 418 g/mol. The molecule has 1 atom stereocenters. The van der Waals surface area contributed by atoms with E-state index in [9.17, 15) is 8.42 Å². The molecule has 0 saturated carbocycles. The van der Waals surface area contributed by atoms with E-state index >= 15 is 0 Å². The van der Waals surface area contributed by atoms with Gasteiger partial charge in [0.2, 0.25) is 10.0 Å². The molecule has 0 spiro atoms. The van der Waals surface area contributed by atoms with Gasteiger partial charge in [-0.1, -0.05) is 56.2 Å². The van der Waals surface area contributed by atoms with Crippen LogP contribution in [0.5, 0.6) is 0 Å². The van der Waals surface area contributed by atoms with Crippen LogP contribution in [0.25, 0.3) is 11.1 Å². The maximum Gasteiger partial charge on any atom is 0.240 e. The van der Waals surface area contributed by atoms with E-state index in [0.29, 0.717) is 6.61 Å². The third-order valence-corrected chi connectivity index (χ3v) is 6.38. The zero-order valence-electron chi connectivity index (χ0n) is 17.8. The van der Waals surface area contributed by atoms with Crippen LogP contribution in [-0.2, 0) is 21.2 Å². The highest BCUT2D eigenvalue weighted by Crippen LogP contribution is 2.22. The molecular weight excluding hydrogens is 384 g/mol. The molecule has 1 unspecified atom stereocenters. The molecule has 29 heavy (non-hydrogen) atoms. The molecule has 0 aliphatic heterocycles. The van der Waals surface area contributed by atoms with E-state index in [4.69, 9.17) is 4.74 Å². The summed E-state index contributed by atoms with van der Waals surface area (Å²) in [7, 11) is -1.99. The first-order chi connectivity index (χ1) is 14.0. The van der Waals surface area contributed by atoms with Gasteiger partial charge < -0.3 is 10.1 Å². The zero-order valence-corrected chi connectivity index (χ0v) is 18.6. The lowest BCUT2D eigenvalue weighted by atomic mass is 10.0. The lowest BCUT2D eigenvalue weighted by Gasteiger charge is -2.13. The molecule has 6 heteroatoms. The number of rotatable bonds is 13. The van der Waals surface area contributed by atoms with E-state index in [2.05, 4.69) is 41.2 Å². The Kier molecular flexibility index (Phi) is 9.81. The van der Waals surface area contributed by atoms with Crippen LogP contribution >= 0.6 is 0 Å². The summed E-state index contributed by atoms with van der Waals surface area (Å²) in [4.78, 5) is 0.259. The minimum absolute atomic E-state index is 0.259. The number of methoxy groups -OCH3 is 1. The van der Waals surface area contributed by atoms with Crippen LogP contribution in [0, 0.1) is 0 Å². The SMILES string of the molecule is CCCCCNCCc1ccc(-c2ccc(S(=O)(=O)NC(C)COC)cc2)cc1. The normalized spacial score (nSPS) is 12.8. The maximum absolute atomic E-state index is 12.4. The molecule has 0 heterocycles. The molecule has 2 aromatic carbocycles. The van der Waals surface area contributed by atoms with Crippen molar-refractivity contribution in [1.29, 1.82) is 0 Å². The first kappa shape index (κ1) is 23.5. The molecule has 2 aromatic rings. The van der Waals surface area contributed by atoms with Crippen LogP contribution in [0.1, 0.15) is 38.7 Å². The minimum atomic E-state index is -3.54. The van der Waals surface area contributed by atoms with Gasteiger partial charge in [0.05, 0.1) is 11.5 Å². The summed E-state index contributed by atoms with van der Waals surface area (Å²) in [5, 5.41) is 3.49. The lowest BCUT2D eigenvalue weighted by molar-refractivity contribution is 0.180. The van der Waals surface area contributed by atoms with Gasteiger partial charge in [0.1, 0.15) is 0 Å². The van der Waals surface area contributed by atoms with Crippen molar-refractivity contribution < 1.29 is 13.2 Å². The second-order valence-electron chi connectivity index (χ2n) is 7.41. The number of benzene rings is 2. The van der Waals surface area contributed by atoms with Crippen molar-refractivity contribution in [3.8, 4) is 11.1 Å². The average Bonchev–Trinajstić information content (AvgIpc) is 2.71. The zero-order chi connectivity index (χ0) is 21.1. The molecule has 0 saturated heterocycles.